The molecular weight excluding hydrogens is 200 g/mol. The number of rotatable bonds is 4. The Morgan fingerprint density at radius 1 is 1.23 bits per heavy atom. The summed E-state index contributed by atoms with van der Waals surface area (Å²) in [6, 6.07) is 8.11. The van der Waals surface area contributed by atoms with Gasteiger partial charge in [0.15, 0.2) is 0 Å². The van der Waals surface area contributed by atoms with E-state index in [1.165, 1.54) is 11.3 Å². The molecule has 0 aliphatic heterocycles. The van der Waals surface area contributed by atoms with Gasteiger partial charge in [0.05, 0.1) is 0 Å². The predicted octanol–water partition coefficient (Wildman–Crippen LogP) is 4.02. The Labute approximate surface area is 89.7 Å². The minimum atomic E-state index is 0.729. The SMILES string of the molecule is CC(C)SCCc1ccc(Cl)cc1. The minimum absolute atomic E-state index is 0.729. The average Bonchev–Trinajstić information content (AvgIpc) is 2.08. The molecule has 0 spiro atoms. The summed E-state index contributed by atoms with van der Waals surface area (Å²) in [6.07, 6.45) is 1.14. The van der Waals surface area contributed by atoms with Crippen LogP contribution in [0.5, 0.6) is 0 Å². The highest BCUT2D eigenvalue weighted by atomic mass is 35.5. The van der Waals surface area contributed by atoms with Crippen LogP contribution in [-0.4, -0.2) is 11.0 Å². The second kappa shape index (κ2) is 5.56. The number of hydrogen-bond acceptors (Lipinski definition) is 1. The van der Waals surface area contributed by atoms with E-state index in [1.807, 2.05) is 23.9 Å². The fourth-order valence-corrected chi connectivity index (χ4v) is 2.01. The van der Waals surface area contributed by atoms with E-state index >= 15 is 0 Å². The first kappa shape index (κ1) is 10.9. The molecule has 0 aliphatic rings. The van der Waals surface area contributed by atoms with E-state index in [1.54, 1.807) is 0 Å². The van der Waals surface area contributed by atoms with Crippen LogP contribution in [0.4, 0.5) is 0 Å². The fourth-order valence-electron chi connectivity index (χ4n) is 1.06. The zero-order chi connectivity index (χ0) is 9.68. The summed E-state index contributed by atoms with van der Waals surface area (Å²) in [6.45, 7) is 4.46. The molecule has 13 heavy (non-hydrogen) atoms. The van der Waals surface area contributed by atoms with Crippen molar-refractivity contribution >= 4 is 23.4 Å². The van der Waals surface area contributed by atoms with E-state index in [0.29, 0.717) is 0 Å². The van der Waals surface area contributed by atoms with Crippen LogP contribution in [0.2, 0.25) is 5.02 Å². The molecule has 0 nitrogen and oxygen atoms in total. The summed E-state index contributed by atoms with van der Waals surface area (Å²) in [7, 11) is 0. The third kappa shape index (κ3) is 4.58. The Kier molecular flexibility index (Phi) is 4.68. The molecule has 0 amide bonds. The van der Waals surface area contributed by atoms with Gasteiger partial charge in [-0.3, -0.25) is 0 Å². The molecule has 0 heterocycles. The van der Waals surface area contributed by atoms with Crippen LogP contribution in [0.1, 0.15) is 19.4 Å². The van der Waals surface area contributed by atoms with Gasteiger partial charge >= 0.3 is 0 Å². The molecule has 1 aromatic rings. The molecule has 0 N–H and O–H groups in total. The van der Waals surface area contributed by atoms with Gasteiger partial charge in [-0.2, -0.15) is 11.8 Å². The van der Waals surface area contributed by atoms with Gasteiger partial charge in [0.2, 0.25) is 0 Å². The van der Waals surface area contributed by atoms with E-state index < -0.39 is 0 Å². The van der Waals surface area contributed by atoms with Crippen LogP contribution in [0.3, 0.4) is 0 Å². The largest absolute Gasteiger partial charge is 0.159 e. The van der Waals surface area contributed by atoms with Gasteiger partial charge < -0.3 is 0 Å². The van der Waals surface area contributed by atoms with E-state index in [2.05, 4.69) is 26.0 Å². The lowest BCUT2D eigenvalue weighted by atomic mass is 10.2. The maximum atomic E-state index is 5.79. The molecule has 0 saturated heterocycles. The first-order valence-corrected chi connectivity index (χ1v) is 5.97. The van der Waals surface area contributed by atoms with Gasteiger partial charge in [-0.15, -0.1) is 0 Å². The van der Waals surface area contributed by atoms with Gasteiger partial charge in [0, 0.05) is 5.02 Å². The summed E-state index contributed by atoms with van der Waals surface area (Å²) in [4.78, 5) is 0. The van der Waals surface area contributed by atoms with Crippen molar-refractivity contribution in [2.75, 3.05) is 5.75 Å². The van der Waals surface area contributed by atoms with Crippen molar-refractivity contribution in [3.05, 3.63) is 34.9 Å². The lowest BCUT2D eigenvalue weighted by molar-refractivity contribution is 1.09. The summed E-state index contributed by atoms with van der Waals surface area (Å²) in [5.74, 6) is 1.19. The van der Waals surface area contributed by atoms with Crippen LogP contribution < -0.4 is 0 Å². The molecule has 0 bridgehead atoms. The topological polar surface area (TPSA) is 0 Å². The molecule has 2 heteroatoms. The third-order valence-corrected chi connectivity index (χ3v) is 3.11. The van der Waals surface area contributed by atoms with Crippen LogP contribution >= 0.6 is 23.4 Å². The molecule has 0 fully saturated rings. The molecule has 1 rings (SSSR count). The van der Waals surface area contributed by atoms with Gasteiger partial charge in [-0.1, -0.05) is 37.6 Å². The summed E-state index contributed by atoms with van der Waals surface area (Å²) in [5, 5.41) is 1.55. The zero-order valence-electron chi connectivity index (χ0n) is 8.09. The number of benzene rings is 1. The summed E-state index contributed by atoms with van der Waals surface area (Å²) < 4.78 is 0. The van der Waals surface area contributed by atoms with Gasteiger partial charge in [-0.05, 0) is 35.1 Å². The van der Waals surface area contributed by atoms with Crippen LogP contribution in [0.25, 0.3) is 0 Å². The summed E-state index contributed by atoms with van der Waals surface area (Å²) in [5.41, 5.74) is 1.37. The van der Waals surface area contributed by atoms with Crippen molar-refractivity contribution < 1.29 is 0 Å². The standard InChI is InChI=1S/C11H15ClS/c1-9(2)13-8-7-10-3-5-11(12)6-4-10/h3-6,9H,7-8H2,1-2H3. The Hall–Kier alpha value is -0.140. The second-order valence-electron chi connectivity index (χ2n) is 3.30. The van der Waals surface area contributed by atoms with Crippen molar-refractivity contribution in [1.29, 1.82) is 0 Å². The molecular formula is C11H15ClS. The molecule has 0 unspecified atom stereocenters. The Balaban J connectivity index is 2.33. The van der Waals surface area contributed by atoms with Crippen molar-refractivity contribution in [3.63, 3.8) is 0 Å². The highest BCUT2D eigenvalue weighted by Crippen LogP contribution is 2.14. The lowest BCUT2D eigenvalue weighted by Crippen LogP contribution is -1.93. The quantitative estimate of drug-likeness (QED) is 0.730. The normalized spacial score (nSPS) is 10.8. The second-order valence-corrected chi connectivity index (χ2v) is 5.42. The van der Waals surface area contributed by atoms with E-state index in [9.17, 15) is 0 Å². The van der Waals surface area contributed by atoms with Crippen LogP contribution in [-0.2, 0) is 6.42 Å². The first-order chi connectivity index (χ1) is 6.18. The van der Waals surface area contributed by atoms with Crippen LogP contribution in [0.15, 0.2) is 24.3 Å². The molecule has 1 aromatic carbocycles. The van der Waals surface area contributed by atoms with Gasteiger partial charge in [-0.25, -0.2) is 0 Å². The number of hydrogen-bond donors (Lipinski definition) is 0. The molecule has 0 radical (unpaired) electrons. The van der Waals surface area contributed by atoms with Crippen molar-refractivity contribution in [2.45, 2.75) is 25.5 Å². The molecule has 72 valence electrons. The van der Waals surface area contributed by atoms with Crippen LogP contribution in [0, 0.1) is 0 Å². The average molecular weight is 215 g/mol. The maximum Gasteiger partial charge on any atom is 0.0406 e. The van der Waals surface area contributed by atoms with Gasteiger partial charge in [0.25, 0.3) is 0 Å². The maximum absolute atomic E-state index is 5.79. The zero-order valence-corrected chi connectivity index (χ0v) is 9.66. The highest BCUT2D eigenvalue weighted by molar-refractivity contribution is 7.99. The predicted molar refractivity (Wildman–Crippen MR) is 62.8 cm³/mol. The Bertz CT molecular complexity index is 241. The Morgan fingerprint density at radius 2 is 1.85 bits per heavy atom. The monoisotopic (exact) mass is 214 g/mol. The number of halogens is 1. The smallest absolute Gasteiger partial charge is 0.0406 e. The first-order valence-electron chi connectivity index (χ1n) is 4.54. The Morgan fingerprint density at radius 3 is 2.38 bits per heavy atom. The third-order valence-electron chi connectivity index (χ3n) is 1.76. The molecule has 0 atom stereocenters. The van der Waals surface area contributed by atoms with E-state index in [0.717, 1.165) is 16.7 Å². The lowest BCUT2D eigenvalue weighted by Gasteiger charge is -2.04. The fraction of sp³-hybridized carbons (Fsp3) is 0.455. The summed E-state index contributed by atoms with van der Waals surface area (Å²) >= 11 is 7.79. The minimum Gasteiger partial charge on any atom is -0.159 e. The molecule has 0 aliphatic carbocycles. The van der Waals surface area contributed by atoms with Crippen molar-refractivity contribution in [2.24, 2.45) is 0 Å². The van der Waals surface area contributed by atoms with Gasteiger partial charge in [0.1, 0.15) is 0 Å². The van der Waals surface area contributed by atoms with E-state index in [-0.39, 0.29) is 0 Å². The number of aryl methyl sites for hydroxylation is 1. The van der Waals surface area contributed by atoms with E-state index in [4.69, 9.17) is 11.6 Å². The highest BCUT2D eigenvalue weighted by Gasteiger charge is 1.96. The molecule has 0 saturated carbocycles. The van der Waals surface area contributed by atoms with Crippen molar-refractivity contribution in [3.8, 4) is 0 Å². The van der Waals surface area contributed by atoms with Crippen molar-refractivity contribution in [1.82, 2.24) is 0 Å². The number of thioether (sulfide) groups is 1. The molecule has 0 aromatic heterocycles.